The van der Waals surface area contributed by atoms with Gasteiger partial charge in [0, 0.05) is 0 Å². The molecule has 0 spiro atoms. The van der Waals surface area contributed by atoms with Crippen LogP contribution in [0.15, 0.2) is 0 Å². The molecule has 17 heavy (non-hydrogen) atoms. The van der Waals surface area contributed by atoms with E-state index in [2.05, 4.69) is 0 Å². The fourth-order valence-electron chi connectivity index (χ4n) is 0.891. The first-order valence-electron chi connectivity index (χ1n) is 4.39. The Labute approximate surface area is 94.7 Å². The van der Waals surface area contributed by atoms with Crippen molar-refractivity contribution in [1.82, 2.24) is 5.32 Å². The molecule has 0 heterocycles. The molecule has 0 saturated carbocycles. The third kappa shape index (κ3) is 6.10. The number of carboxylic acids is 3. The average Bonchev–Trinajstić information content (AvgIpc) is 2.15. The standard InChI is InChI=1S/C8H11NO8/c10-4(8(16)17)2-5(11)9-3(7(14)15)1-6(12)13/h3-4,10H,1-2H2,(H,9,11)(H,12,13)(H,14,15)(H,16,17)/t3-,4?/m0/s1. The summed E-state index contributed by atoms with van der Waals surface area (Å²) in [7, 11) is 0. The van der Waals surface area contributed by atoms with E-state index in [4.69, 9.17) is 20.4 Å². The van der Waals surface area contributed by atoms with Crippen molar-refractivity contribution in [2.24, 2.45) is 0 Å². The molecule has 2 atom stereocenters. The Balaban J connectivity index is 4.36. The zero-order valence-corrected chi connectivity index (χ0v) is 8.49. The van der Waals surface area contributed by atoms with Crippen molar-refractivity contribution < 1.29 is 39.6 Å². The minimum Gasteiger partial charge on any atom is -0.481 e. The van der Waals surface area contributed by atoms with E-state index in [1.54, 1.807) is 5.32 Å². The van der Waals surface area contributed by atoms with Gasteiger partial charge in [-0.1, -0.05) is 0 Å². The highest BCUT2D eigenvalue weighted by molar-refractivity contribution is 5.88. The van der Waals surface area contributed by atoms with Crippen LogP contribution >= 0.6 is 0 Å². The first-order valence-corrected chi connectivity index (χ1v) is 4.39. The summed E-state index contributed by atoms with van der Waals surface area (Å²) in [6.45, 7) is 0. The van der Waals surface area contributed by atoms with Crippen molar-refractivity contribution in [3.05, 3.63) is 0 Å². The van der Waals surface area contributed by atoms with Gasteiger partial charge in [-0.25, -0.2) is 9.59 Å². The fourth-order valence-corrected chi connectivity index (χ4v) is 0.891. The molecule has 1 amide bonds. The zero-order chi connectivity index (χ0) is 13.6. The predicted octanol–water partition coefficient (Wildman–Crippen LogP) is -2.13. The van der Waals surface area contributed by atoms with Crippen LogP contribution in [0.2, 0.25) is 0 Å². The molecule has 96 valence electrons. The summed E-state index contributed by atoms with van der Waals surface area (Å²) in [5.41, 5.74) is 0. The van der Waals surface area contributed by atoms with Crippen LogP contribution in [-0.2, 0) is 19.2 Å². The van der Waals surface area contributed by atoms with E-state index >= 15 is 0 Å². The SMILES string of the molecule is O=C(O)C[C@H](NC(=O)CC(O)C(=O)O)C(=O)O. The van der Waals surface area contributed by atoms with Gasteiger partial charge in [0.25, 0.3) is 0 Å². The second-order valence-corrected chi connectivity index (χ2v) is 3.11. The summed E-state index contributed by atoms with van der Waals surface area (Å²) in [5, 5.41) is 35.8. The predicted molar refractivity (Wildman–Crippen MR) is 50.1 cm³/mol. The van der Waals surface area contributed by atoms with E-state index in [-0.39, 0.29) is 0 Å². The van der Waals surface area contributed by atoms with E-state index in [9.17, 15) is 19.2 Å². The Bertz CT molecular complexity index is 338. The molecule has 0 aliphatic carbocycles. The Morgan fingerprint density at radius 3 is 1.82 bits per heavy atom. The maximum atomic E-state index is 11.1. The maximum absolute atomic E-state index is 11.1. The summed E-state index contributed by atoms with van der Waals surface area (Å²) >= 11 is 0. The van der Waals surface area contributed by atoms with E-state index < -0.39 is 48.8 Å². The van der Waals surface area contributed by atoms with Gasteiger partial charge in [0.05, 0.1) is 12.8 Å². The number of aliphatic hydroxyl groups excluding tert-OH is 1. The maximum Gasteiger partial charge on any atom is 0.333 e. The Hall–Kier alpha value is -2.16. The van der Waals surface area contributed by atoms with Gasteiger partial charge in [-0.15, -0.1) is 0 Å². The molecule has 0 aromatic carbocycles. The number of carboxylic acid groups (broad SMARTS) is 3. The Kier molecular flexibility index (Phi) is 5.61. The van der Waals surface area contributed by atoms with Gasteiger partial charge in [-0.2, -0.15) is 0 Å². The normalized spacial score (nSPS) is 13.5. The van der Waals surface area contributed by atoms with Crippen molar-refractivity contribution in [3.63, 3.8) is 0 Å². The average molecular weight is 249 g/mol. The summed E-state index contributed by atoms with van der Waals surface area (Å²) in [5.74, 6) is -5.69. The van der Waals surface area contributed by atoms with Gasteiger partial charge < -0.3 is 25.7 Å². The quantitative estimate of drug-likeness (QED) is 0.341. The minimum atomic E-state index is -1.96. The van der Waals surface area contributed by atoms with Crippen LogP contribution in [0, 0.1) is 0 Å². The summed E-state index contributed by atoms with van der Waals surface area (Å²) in [6, 6.07) is -1.67. The third-order valence-corrected chi connectivity index (χ3v) is 1.68. The molecular formula is C8H11NO8. The van der Waals surface area contributed by atoms with Gasteiger partial charge in [0.1, 0.15) is 6.04 Å². The molecule has 1 unspecified atom stereocenters. The summed E-state index contributed by atoms with van der Waals surface area (Å²) < 4.78 is 0. The van der Waals surface area contributed by atoms with Crippen LogP contribution in [0.4, 0.5) is 0 Å². The lowest BCUT2D eigenvalue weighted by molar-refractivity contribution is -0.150. The van der Waals surface area contributed by atoms with E-state index in [0.717, 1.165) is 0 Å². The van der Waals surface area contributed by atoms with Crippen LogP contribution < -0.4 is 5.32 Å². The van der Waals surface area contributed by atoms with Gasteiger partial charge in [-0.05, 0) is 0 Å². The molecule has 0 saturated heterocycles. The largest absolute Gasteiger partial charge is 0.481 e. The molecule has 5 N–H and O–H groups in total. The third-order valence-electron chi connectivity index (χ3n) is 1.68. The molecule has 0 radical (unpaired) electrons. The molecule has 0 rings (SSSR count). The highest BCUT2D eigenvalue weighted by Crippen LogP contribution is 1.97. The molecule has 0 aliphatic heterocycles. The number of hydrogen-bond acceptors (Lipinski definition) is 5. The molecule has 0 aromatic heterocycles. The van der Waals surface area contributed by atoms with E-state index in [1.165, 1.54) is 0 Å². The van der Waals surface area contributed by atoms with Gasteiger partial charge in [0.15, 0.2) is 6.10 Å². The summed E-state index contributed by atoms with van der Waals surface area (Å²) in [6.07, 6.45) is -3.66. The van der Waals surface area contributed by atoms with Crippen molar-refractivity contribution in [1.29, 1.82) is 0 Å². The monoisotopic (exact) mass is 249 g/mol. The lowest BCUT2D eigenvalue weighted by atomic mass is 10.2. The highest BCUT2D eigenvalue weighted by Gasteiger charge is 2.25. The number of amides is 1. The van der Waals surface area contributed by atoms with Crippen LogP contribution in [0.5, 0.6) is 0 Å². The van der Waals surface area contributed by atoms with Crippen molar-refractivity contribution in [2.75, 3.05) is 0 Å². The molecule has 0 aromatic rings. The topological polar surface area (TPSA) is 161 Å². The van der Waals surface area contributed by atoms with Crippen molar-refractivity contribution in [2.45, 2.75) is 25.0 Å². The second kappa shape index (κ2) is 6.43. The molecule has 9 nitrogen and oxygen atoms in total. The lowest BCUT2D eigenvalue weighted by Gasteiger charge is -2.13. The first kappa shape index (κ1) is 14.8. The van der Waals surface area contributed by atoms with Gasteiger partial charge in [-0.3, -0.25) is 9.59 Å². The molecular weight excluding hydrogens is 238 g/mol. The zero-order valence-electron chi connectivity index (χ0n) is 8.49. The van der Waals surface area contributed by atoms with Crippen LogP contribution in [0.3, 0.4) is 0 Å². The molecule has 9 heteroatoms. The summed E-state index contributed by atoms with van der Waals surface area (Å²) in [4.78, 5) is 42.1. The Morgan fingerprint density at radius 2 is 1.47 bits per heavy atom. The van der Waals surface area contributed by atoms with Gasteiger partial charge >= 0.3 is 17.9 Å². The van der Waals surface area contributed by atoms with E-state index in [0.29, 0.717) is 0 Å². The second-order valence-electron chi connectivity index (χ2n) is 3.11. The van der Waals surface area contributed by atoms with Crippen molar-refractivity contribution >= 4 is 23.8 Å². The number of hydrogen-bond donors (Lipinski definition) is 5. The highest BCUT2D eigenvalue weighted by atomic mass is 16.4. The first-order chi connectivity index (χ1) is 7.73. The van der Waals surface area contributed by atoms with E-state index in [1.807, 2.05) is 0 Å². The van der Waals surface area contributed by atoms with Gasteiger partial charge in [0.2, 0.25) is 5.91 Å². The number of rotatable bonds is 7. The molecule has 0 bridgehead atoms. The number of nitrogens with one attached hydrogen (secondary N) is 1. The van der Waals surface area contributed by atoms with Crippen LogP contribution in [0.25, 0.3) is 0 Å². The molecule has 0 fully saturated rings. The van der Waals surface area contributed by atoms with Crippen LogP contribution in [0.1, 0.15) is 12.8 Å². The molecule has 0 aliphatic rings. The van der Waals surface area contributed by atoms with Crippen LogP contribution in [-0.4, -0.2) is 56.4 Å². The Morgan fingerprint density at radius 1 is 0.941 bits per heavy atom. The smallest absolute Gasteiger partial charge is 0.333 e. The lowest BCUT2D eigenvalue weighted by Crippen LogP contribution is -2.43. The fraction of sp³-hybridized carbons (Fsp3) is 0.500. The number of carbonyl (C=O) groups is 4. The number of aliphatic hydroxyl groups is 1. The van der Waals surface area contributed by atoms with Crippen molar-refractivity contribution in [3.8, 4) is 0 Å². The minimum absolute atomic E-state index is 0.843. The number of carbonyl (C=O) groups excluding carboxylic acids is 1. The number of aliphatic carboxylic acids is 3.